The van der Waals surface area contributed by atoms with E-state index >= 15 is 0 Å². The van der Waals surface area contributed by atoms with Gasteiger partial charge in [-0.3, -0.25) is 4.79 Å². The summed E-state index contributed by atoms with van der Waals surface area (Å²) >= 11 is 0. The lowest BCUT2D eigenvalue weighted by Crippen LogP contribution is -2.42. The van der Waals surface area contributed by atoms with Crippen LogP contribution in [0.4, 0.5) is 0 Å². The van der Waals surface area contributed by atoms with Gasteiger partial charge in [0.25, 0.3) is 0 Å². The van der Waals surface area contributed by atoms with E-state index in [1.807, 2.05) is 7.05 Å². The minimum atomic E-state index is 0.337. The number of likely N-dealkylation sites (tertiary alicyclic amines) is 1. The molecule has 1 saturated heterocycles. The molecule has 0 aromatic heterocycles. The Morgan fingerprint density at radius 2 is 1.60 bits per heavy atom. The first kappa shape index (κ1) is 15.8. The lowest BCUT2D eigenvalue weighted by Gasteiger charge is -2.34. The molecule has 0 radical (unpaired) electrons. The molecular formula is C17H32N2O. The van der Waals surface area contributed by atoms with Crippen molar-refractivity contribution in [1.82, 2.24) is 10.2 Å². The lowest BCUT2D eigenvalue weighted by atomic mass is 9.88. The van der Waals surface area contributed by atoms with Gasteiger partial charge in [-0.25, -0.2) is 0 Å². The van der Waals surface area contributed by atoms with E-state index in [1.54, 1.807) is 0 Å². The fourth-order valence-electron chi connectivity index (χ4n) is 3.75. The van der Waals surface area contributed by atoms with Crippen molar-refractivity contribution in [3.63, 3.8) is 0 Å². The first-order chi connectivity index (χ1) is 9.81. The van der Waals surface area contributed by atoms with Gasteiger partial charge in [-0.1, -0.05) is 32.1 Å². The van der Waals surface area contributed by atoms with E-state index in [0.29, 0.717) is 11.8 Å². The summed E-state index contributed by atoms with van der Waals surface area (Å²) in [5.41, 5.74) is 0. The van der Waals surface area contributed by atoms with Crippen LogP contribution < -0.4 is 5.32 Å². The molecule has 1 amide bonds. The fraction of sp³-hybridized carbons (Fsp3) is 0.941. The topological polar surface area (TPSA) is 32.3 Å². The highest BCUT2D eigenvalue weighted by atomic mass is 16.2. The van der Waals surface area contributed by atoms with Crippen molar-refractivity contribution < 1.29 is 4.79 Å². The summed E-state index contributed by atoms with van der Waals surface area (Å²) in [6.07, 6.45) is 12.5. The summed E-state index contributed by atoms with van der Waals surface area (Å²) in [7, 11) is 2.02. The van der Waals surface area contributed by atoms with Crippen LogP contribution in [0.15, 0.2) is 0 Å². The van der Waals surface area contributed by atoms with E-state index in [9.17, 15) is 4.79 Å². The van der Waals surface area contributed by atoms with Gasteiger partial charge in [-0.05, 0) is 51.6 Å². The zero-order valence-electron chi connectivity index (χ0n) is 13.2. The summed E-state index contributed by atoms with van der Waals surface area (Å²) in [6.45, 7) is 3.12. The Hall–Kier alpha value is -0.570. The molecule has 1 aliphatic carbocycles. The predicted octanol–water partition coefficient (Wildman–Crippen LogP) is 3.20. The summed E-state index contributed by atoms with van der Waals surface area (Å²) in [5.74, 6) is 1.63. The van der Waals surface area contributed by atoms with Crippen LogP contribution in [-0.4, -0.2) is 37.5 Å². The third-order valence-electron chi connectivity index (χ3n) is 5.18. The lowest BCUT2D eigenvalue weighted by molar-refractivity contribution is -0.137. The number of piperidine rings is 1. The first-order valence-electron chi connectivity index (χ1n) is 8.74. The molecule has 0 bridgehead atoms. The second kappa shape index (κ2) is 8.66. The van der Waals surface area contributed by atoms with Crippen molar-refractivity contribution in [3.8, 4) is 0 Å². The van der Waals surface area contributed by atoms with E-state index in [4.69, 9.17) is 0 Å². The van der Waals surface area contributed by atoms with Crippen LogP contribution in [0.25, 0.3) is 0 Å². The van der Waals surface area contributed by atoms with Crippen LogP contribution in [0.1, 0.15) is 64.2 Å². The number of hydrogen-bond acceptors (Lipinski definition) is 2. The number of carbonyl (C=O) groups is 1. The molecule has 20 heavy (non-hydrogen) atoms. The molecule has 3 nitrogen and oxygen atoms in total. The number of nitrogens with one attached hydrogen (secondary N) is 1. The molecule has 116 valence electrons. The minimum absolute atomic E-state index is 0.337. The quantitative estimate of drug-likeness (QED) is 0.857. The van der Waals surface area contributed by atoms with Gasteiger partial charge in [0.1, 0.15) is 0 Å². The Morgan fingerprint density at radius 3 is 2.20 bits per heavy atom. The first-order valence-corrected chi connectivity index (χ1v) is 8.74. The van der Waals surface area contributed by atoms with Gasteiger partial charge in [0.2, 0.25) is 5.91 Å². The van der Waals surface area contributed by atoms with E-state index in [2.05, 4.69) is 10.2 Å². The van der Waals surface area contributed by atoms with Crippen LogP contribution in [0, 0.1) is 11.8 Å². The van der Waals surface area contributed by atoms with Gasteiger partial charge < -0.3 is 10.2 Å². The Morgan fingerprint density at radius 1 is 1.00 bits per heavy atom. The standard InChI is InChI=1S/C17H32N2O/c1-18-12-9-15-10-13-19(14-11-15)17(20)16-7-5-3-2-4-6-8-16/h15-16,18H,2-14H2,1H3. The van der Waals surface area contributed by atoms with E-state index < -0.39 is 0 Å². The molecule has 3 heteroatoms. The molecule has 2 rings (SSSR count). The third-order valence-corrected chi connectivity index (χ3v) is 5.18. The Labute approximate surface area is 124 Å². The molecule has 1 aliphatic heterocycles. The largest absolute Gasteiger partial charge is 0.342 e. The second-order valence-electron chi connectivity index (χ2n) is 6.70. The van der Waals surface area contributed by atoms with Crippen LogP contribution in [0.2, 0.25) is 0 Å². The number of hydrogen-bond donors (Lipinski definition) is 1. The number of amides is 1. The highest BCUT2D eigenvalue weighted by Crippen LogP contribution is 2.27. The fourth-order valence-corrected chi connectivity index (χ4v) is 3.75. The maximum atomic E-state index is 12.7. The molecule has 2 aliphatic rings. The molecule has 0 spiro atoms. The molecule has 1 heterocycles. The normalized spacial score (nSPS) is 23.4. The third kappa shape index (κ3) is 4.76. The summed E-state index contributed by atoms with van der Waals surface area (Å²) in [4.78, 5) is 14.8. The van der Waals surface area contributed by atoms with Crippen LogP contribution >= 0.6 is 0 Å². The molecular weight excluding hydrogens is 248 g/mol. The van der Waals surface area contributed by atoms with Gasteiger partial charge in [-0.2, -0.15) is 0 Å². The summed E-state index contributed by atoms with van der Waals surface area (Å²) in [5, 5.41) is 3.23. The molecule has 1 saturated carbocycles. The molecule has 0 aromatic rings. The van der Waals surface area contributed by atoms with Gasteiger partial charge in [0, 0.05) is 19.0 Å². The Balaban J connectivity index is 1.75. The molecule has 0 aromatic carbocycles. The van der Waals surface area contributed by atoms with Gasteiger partial charge in [0.05, 0.1) is 0 Å². The number of nitrogens with zero attached hydrogens (tertiary/aromatic N) is 1. The summed E-state index contributed by atoms with van der Waals surface area (Å²) < 4.78 is 0. The smallest absolute Gasteiger partial charge is 0.225 e. The monoisotopic (exact) mass is 280 g/mol. The Bertz CT molecular complexity index is 277. The minimum Gasteiger partial charge on any atom is -0.342 e. The van der Waals surface area contributed by atoms with Crippen LogP contribution in [0.3, 0.4) is 0 Å². The zero-order valence-corrected chi connectivity index (χ0v) is 13.2. The maximum Gasteiger partial charge on any atom is 0.225 e. The Kier molecular flexibility index (Phi) is 6.85. The SMILES string of the molecule is CNCCC1CCN(C(=O)C2CCCCCCC2)CC1. The number of rotatable bonds is 4. The van der Waals surface area contributed by atoms with Crippen molar-refractivity contribution in [1.29, 1.82) is 0 Å². The van der Waals surface area contributed by atoms with E-state index in [1.165, 1.54) is 51.4 Å². The van der Waals surface area contributed by atoms with Crippen molar-refractivity contribution >= 4 is 5.91 Å². The summed E-state index contributed by atoms with van der Waals surface area (Å²) in [6, 6.07) is 0. The highest BCUT2D eigenvalue weighted by Gasteiger charge is 2.27. The highest BCUT2D eigenvalue weighted by molar-refractivity contribution is 5.78. The van der Waals surface area contributed by atoms with E-state index in [0.717, 1.165) is 38.4 Å². The molecule has 0 atom stereocenters. The molecule has 1 N–H and O–H groups in total. The van der Waals surface area contributed by atoms with Gasteiger partial charge >= 0.3 is 0 Å². The maximum absolute atomic E-state index is 12.7. The number of carbonyl (C=O) groups excluding carboxylic acids is 1. The predicted molar refractivity (Wildman–Crippen MR) is 83.7 cm³/mol. The second-order valence-corrected chi connectivity index (χ2v) is 6.70. The van der Waals surface area contributed by atoms with Gasteiger partial charge in [-0.15, -0.1) is 0 Å². The zero-order chi connectivity index (χ0) is 14.2. The molecule has 0 unspecified atom stereocenters. The van der Waals surface area contributed by atoms with Crippen molar-refractivity contribution in [2.45, 2.75) is 64.2 Å². The van der Waals surface area contributed by atoms with Gasteiger partial charge in [0.15, 0.2) is 0 Å². The average Bonchev–Trinajstić information content (AvgIpc) is 2.45. The average molecular weight is 280 g/mol. The van der Waals surface area contributed by atoms with Crippen molar-refractivity contribution in [2.75, 3.05) is 26.7 Å². The van der Waals surface area contributed by atoms with Crippen molar-refractivity contribution in [3.05, 3.63) is 0 Å². The van der Waals surface area contributed by atoms with Crippen molar-refractivity contribution in [2.24, 2.45) is 11.8 Å². The molecule has 2 fully saturated rings. The van der Waals surface area contributed by atoms with Crippen LogP contribution in [-0.2, 0) is 4.79 Å². The van der Waals surface area contributed by atoms with Crippen LogP contribution in [0.5, 0.6) is 0 Å². The van der Waals surface area contributed by atoms with E-state index in [-0.39, 0.29) is 0 Å².